The standard InChI is InChI=1S/C10H15NO2S.C2H6/c1-3-7-6-8(7)9(12)11-14-13-10(2)4-5-10;1-2/h3,7-8H,1,4-6H2,2H3,(H,11,12);1-2H3/t7?,8-;/m0./s1. The van der Waals surface area contributed by atoms with Gasteiger partial charge in [0.05, 0.1) is 5.60 Å². The van der Waals surface area contributed by atoms with E-state index in [-0.39, 0.29) is 17.4 Å². The van der Waals surface area contributed by atoms with Crippen LogP contribution in [0.25, 0.3) is 0 Å². The van der Waals surface area contributed by atoms with Crippen LogP contribution in [0.1, 0.15) is 40.0 Å². The summed E-state index contributed by atoms with van der Waals surface area (Å²) in [6.07, 6.45) is 4.97. The first-order valence-corrected chi connectivity index (χ1v) is 6.66. The minimum absolute atomic E-state index is 0.0132. The molecule has 3 nitrogen and oxygen atoms in total. The highest BCUT2D eigenvalue weighted by Gasteiger charge is 2.42. The number of allylic oxidation sites excluding steroid dienone is 1. The Kier molecular flexibility index (Phi) is 4.87. The van der Waals surface area contributed by atoms with Crippen LogP contribution in [0.4, 0.5) is 0 Å². The molecule has 2 aliphatic carbocycles. The van der Waals surface area contributed by atoms with E-state index >= 15 is 0 Å². The van der Waals surface area contributed by atoms with Gasteiger partial charge in [-0.2, -0.15) is 0 Å². The molecule has 2 rings (SSSR count). The first-order chi connectivity index (χ1) is 7.64. The van der Waals surface area contributed by atoms with Crippen LogP contribution in [0.5, 0.6) is 0 Å². The van der Waals surface area contributed by atoms with Crippen molar-refractivity contribution in [2.75, 3.05) is 0 Å². The molecule has 1 amide bonds. The van der Waals surface area contributed by atoms with E-state index in [4.69, 9.17) is 4.18 Å². The molecule has 2 atom stereocenters. The maximum absolute atomic E-state index is 11.4. The van der Waals surface area contributed by atoms with Gasteiger partial charge < -0.3 is 0 Å². The third-order valence-corrected chi connectivity index (χ3v) is 3.59. The van der Waals surface area contributed by atoms with Crippen LogP contribution in [-0.4, -0.2) is 11.5 Å². The van der Waals surface area contributed by atoms with E-state index < -0.39 is 0 Å². The van der Waals surface area contributed by atoms with E-state index in [0.717, 1.165) is 31.5 Å². The molecule has 0 bridgehead atoms. The molecule has 1 unspecified atom stereocenters. The van der Waals surface area contributed by atoms with Gasteiger partial charge in [0.25, 0.3) is 0 Å². The van der Waals surface area contributed by atoms with Crippen LogP contribution < -0.4 is 4.72 Å². The summed E-state index contributed by atoms with van der Waals surface area (Å²) in [4.78, 5) is 11.4. The molecule has 0 aliphatic heterocycles. The van der Waals surface area contributed by atoms with Crippen molar-refractivity contribution in [2.45, 2.75) is 45.6 Å². The summed E-state index contributed by atoms with van der Waals surface area (Å²) in [5, 5.41) is 0. The van der Waals surface area contributed by atoms with Gasteiger partial charge in [-0.25, -0.2) is 0 Å². The Morgan fingerprint density at radius 3 is 2.62 bits per heavy atom. The summed E-state index contributed by atoms with van der Waals surface area (Å²) in [6.45, 7) is 9.72. The fourth-order valence-corrected chi connectivity index (χ4v) is 1.92. The fourth-order valence-electron chi connectivity index (χ4n) is 1.27. The van der Waals surface area contributed by atoms with Crippen molar-refractivity contribution >= 4 is 18.1 Å². The van der Waals surface area contributed by atoms with Crippen LogP contribution >= 0.6 is 12.2 Å². The highest BCUT2D eigenvalue weighted by atomic mass is 32.2. The van der Waals surface area contributed by atoms with Gasteiger partial charge >= 0.3 is 0 Å². The van der Waals surface area contributed by atoms with Crippen molar-refractivity contribution in [2.24, 2.45) is 11.8 Å². The lowest BCUT2D eigenvalue weighted by molar-refractivity contribution is -0.120. The van der Waals surface area contributed by atoms with Crippen LogP contribution in [0.3, 0.4) is 0 Å². The maximum Gasteiger partial charge on any atom is 0.235 e. The molecule has 0 spiro atoms. The summed E-state index contributed by atoms with van der Waals surface area (Å²) in [7, 11) is 0. The summed E-state index contributed by atoms with van der Waals surface area (Å²) in [6, 6.07) is 0. The summed E-state index contributed by atoms with van der Waals surface area (Å²) < 4.78 is 8.13. The molecule has 0 aromatic rings. The second-order valence-corrected chi connectivity index (χ2v) is 4.86. The van der Waals surface area contributed by atoms with Gasteiger partial charge in [-0.05, 0) is 32.1 Å². The van der Waals surface area contributed by atoms with Crippen LogP contribution in [0, 0.1) is 11.8 Å². The normalized spacial score (nSPS) is 28.4. The smallest absolute Gasteiger partial charge is 0.235 e. The van der Waals surface area contributed by atoms with E-state index in [1.165, 1.54) is 0 Å². The highest BCUT2D eigenvalue weighted by molar-refractivity contribution is 7.93. The Bertz CT molecular complexity index is 264. The highest BCUT2D eigenvalue weighted by Crippen LogP contribution is 2.42. The molecule has 16 heavy (non-hydrogen) atoms. The topological polar surface area (TPSA) is 38.3 Å². The third-order valence-electron chi connectivity index (χ3n) is 2.82. The zero-order chi connectivity index (χ0) is 12.2. The third kappa shape index (κ3) is 3.83. The van der Waals surface area contributed by atoms with E-state index in [2.05, 4.69) is 18.2 Å². The number of nitrogens with one attached hydrogen (secondary N) is 1. The Morgan fingerprint density at radius 2 is 2.19 bits per heavy atom. The summed E-state index contributed by atoms with van der Waals surface area (Å²) in [5.41, 5.74) is 0.0132. The molecule has 2 saturated carbocycles. The molecule has 1 N–H and O–H groups in total. The molecule has 0 aromatic heterocycles. The maximum atomic E-state index is 11.4. The summed E-state index contributed by atoms with van der Waals surface area (Å²) >= 11 is 1.08. The minimum atomic E-state index is 0.0132. The Balaban J connectivity index is 0.000000606. The van der Waals surface area contributed by atoms with Crippen LogP contribution in [-0.2, 0) is 8.98 Å². The average molecular weight is 243 g/mol. The van der Waals surface area contributed by atoms with Crippen LogP contribution in [0.15, 0.2) is 12.7 Å². The second-order valence-electron chi connectivity index (χ2n) is 4.32. The Morgan fingerprint density at radius 1 is 1.56 bits per heavy atom. The molecule has 0 saturated heterocycles. The first-order valence-electron chi connectivity index (χ1n) is 5.92. The molecule has 2 aliphatic rings. The van der Waals surface area contributed by atoms with Crippen LogP contribution in [0.2, 0.25) is 0 Å². The number of hydrogen-bond acceptors (Lipinski definition) is 3. The fraction of sp³-hybridized carbons (Fsp3) is 0.750. The van der Waals surface area contributed by atoms with E-state index in [1.54, 1.807) is 0 Å². The Labute approximate surface area is 102 Å². The predicted octanol–water partition coefficient (Wildman–Crippen LogP) is 3.08. The second kappa shape index (κ2) is 5.73. The zero-order valence-electron chi connectivity index (χ0n) is 10.3. The van der Waals surface area contributed by atoms with E-state index in [9.17, 15) is 4.79 Å². The first kappa shape index (κ1) is 13.6. The van der Waals surface area contributed by atoms with Gasteiger partial charge in [0.1, 0.15) is 12.2 Å². The minimum Gasteiger partial charge on any atom is -0.290 e. The van der Waals surface area contributed by atoms with Gasteiger partial charge in [0, 0.05) is 5.92 Å². The number of carbonyl (C=O) groups excluding carboxylic acids is 1. The Hall–Kier alpha value is -0.480. The molecule has 2 fully saturated rings. The van der Waals surface area contributed by atoms with E-state index in [0.29, 0.717) is 5.92 Å². The predicted molar refractivity (Wildman–Crippen MR) is 67.6 cm³/mol. The van der Waals surface area contributed by atoms with E-state index in [1.807, 2.05) is 19.9 Å². The van der Waals surface area contributed by atoms with Crippen molar-refractivity contribution in [1.82, 2.24) is 4.72 Å². The quantitative estimate of drug-likeness (QED) is 0.458. The number of rotatable bonds is 5. The zero-order valence-corrected chi connectivity index (χ0v) is 11.1. The lowest BCUT2D eigenvalue weighted by Crippen LogP contribution is -2.20. The lowest BCUT2D eigenvalue weighted by Gasteiger charge is -2.08. The summed E-state index contributed by atoms with van der Waals surface area (Å²) in [5.74, 6) is 0.590. The van der Waals surface area contributed by atoms with Crippen molar-refractivity contribution in [3.05, 3.63) is 12.7 Å². The van der Waals surface area contributed by atoms with Gasteiger partial charge in [-0.1, -0.05) is 19.9 Å². The number of amides is 1. The monoisotopic (exact) mass is 243 g/mol. The SMILES string of the molecule is C=CC1C[C@@H]1C(=O)NSOC1(C)CC1.CC. The van der Waals surface area contributed by atoms with Gasteiger partial charge in [0.2, 0.25) is 5.91 Å². The molecule has 92 valence electrons. The average Bonchev–Trinajstić information content (AvgIpc) is 3.17. The number of hydrogen-bond donors (Lipinski definition) is 1. The van der Waals surface area contributed by atoms with Crippen molar-refractivity contribution in [3.8, 4) is 0 Å². The van der Waals surface area contributed by atoms with Gasteiger partial charge in [0.15, 0.2) is 0 Å². The molecule has 0 radical (unpaired) electrons. The van der Waals surface area contributed by atoms with Crippen molar-refractivity contribution < 1.29 is 8.98 Å². The van der Waals surface area contributed by atoms with Crippen molar-refractivity contribution in [3.63, 3.8) is 0 Å². The molecular weight excluding hydrogens is 222 g/mol. The molecule has 0 heterocycles. The van der Waals surface area contributed by atoms with Gasteiger partial charge in [-0.3, -0.25) is 13.7 Å². The molecular formula is C12H21NO2S. The lowest BCUT2D eigenvalue weighted by atomic mass is 10.3. The largest absolute Gasteiger partial charge is 0.290 e. The molecule has 0 aromatic carbocycles. The number of carbonyl (C=O) groups is 1. The van der Waals surface area contributed by atoms with Gasteiger partial charge in [-0.15, -0.1) is 6.58 Å². The van der Waals surface area contributed by atoms with Crippen molar-refractivity contribution in [1.29, 1.82) is 0 Å². The molecule has 4 heteroatoms.